The minimum absolute atomic E-state index is 0.0189. The largest absolute Gasteiger partial charge is 0.352 e. The fraction of sp³-hybridized carbons (Fsp3) is 0.500. The number of amides is 1. The molecule has 18 heavy (non-hydrogen) atoms. The fourth-order valence-electron chi connectivity index (χ4n) is 2.49. The van der Waals surface area contributed by atoms with E-state index >= 15 is 0 Å². The second kappa shape index (κ2) is 6.21. The number of nitrogens with zero attached hydrogens (tertiary/aromatic N) is 1. The van der Waals surface area contributed by atoms with Gasteiger partial charge in [0.2, 0.25) is 5.91 Å². The Morgan fingerprint density at radius 3 is 2.78 bits per heavy atom. The van der Waals surface area contributed by atoms with Crippen LogP contribution >= 0.6 is 11.6 Å². The van der Waals surface area contributed by atoms with Crippen molar-refractivity contribution < 1.29 is 4.79 Å². The van der Waals surface area contributed by atoms with Crippen molar-refractivity contribution in [3.63, 3.8) is 0 Å². The molecule has 2 atom stereocenters. The van der Waals surface area contributed by atoms with E-state index in [0.717, 1.165) is 26.1 Å². The van der Waals surface area contributed by atoms with Crippen molar-refractivity contribution in [2.75, 3.05) is 13.1 Å². The van der Waals surface area contributed by atoms with Gasteiger partial charge in [-0.1, -0.05) is 30.3 Å². The molecule has 1 aliphatic rings. The molecule has 0 aliphatic carbocycles. The third-order valence-electron chi connectivity index (χ3n) is 3.13. The molecular weight excluding hydrogens is 248 g/mol. The van der Waals surface area contributed by atoms with E-state index in [1.165, 1.54) is 5.56 Å². The van der Waals surface area contributed by atoms with Crippen LogP contribution in [0.4, 0.5) is 0 Å². The summed E-state index contributed by atoms with van der Waals surface area (Å²) >= 11 is 6.26. The van der Waals surface area contributed by atoms with Crippen molar-refractivity contribution >= 4 is 17.5 Å². The second-order valence-corrected chi connectivity index (χ2v) is 5.53. The zero-order chi connectivity index (χ0) is 13.0. The number of carbonyl (C=O) groups is 1. The maximum absolute atomic E-state index is 11.1. The van der Waals surface area contributed by atoms with Gasteiger partial charge in [-0.25, -0.2) is 0 Å². The number of rotatable bonds is 3. The zero-order valence-electron chi connectivity index (χ0n) is 10.6. The number of carbonyl (C=O) groups excluding carboxylic acids is 1. The number of piperidine rings is 1. The van der Waals surface area contributed by atoms with E-state index in [9.17, 15) is 4.79 Å². The van der Waals surface area contributed by atoms with Crippen LogP contribution < -0.4 is 5.32 Å². The van der Waals surface area contributed by atoms with Crippen LogP contribution in [0.1, 0.15) is 18.9 Å². The lowest BCUT2D eigenvalue weighted by atomic mass is 10.0. The molecule has 98 valence electrons. The second-order valence-electron chi connectivity index (χ2n) is 4.91. The maximum Gasteiger partial charge on any atom is 0.217 e. The van der Waals surface area contributed by atoms with E-state index in [0.29, 0.717) is 0 Å². The molecule has 1 saturated heterocycles. The Kier molecular flexibility index (Phi) is 4.61. The first-order valence-electron chi connectivity index (χ1n) is 6.31. The highest BCUT2D eigenvalue weighted by atomic mass is 35.5. The summed E-state index contributed by atoms with van der Waals surface area (Å²) in [5.74, 6) is 0.0189. The molecule has 0 spiro atoms. The predicted molar refractivity (Wildman–Crippen MR) is 73.6 cm³/mol. The zero-order valence-corrected chi connectivity index (χ0v) is 11.4. The van der Waals surface area contributed by atoms with Gasteiger partial charge in [-0.2, -0.15) is 0 Å². The quantitative estimate of drug-likeness (QED) is 0.849. The number of hydrogen-bond donors (Lipinski definition) is 1. The number of hydrogen-bond acceptors (Lipinski definition) is 2. The SMILES string of the molecule is CC(=O)N[C@H]1C[C@@H](Cl)CN(Cc2ccccc2)C1. The average molecular weight is 267 g/mol. The first kappa shape index (κ1) is 13.4. The molecule has 0 radical (unpaired) electrons. The highest BCUT2D eigenvalue weighted by Gasteiger charge is 2.26. The number of halogens is 1. The monoisotopic (exact) mass is 266 g/mol. The summed E-state index contributed by atoms with van der Waals surface area (Å²) in [5, 5.41) is 3.07. The summed E-state index contributed by atoms with van der Waals surface area (Å²) in [7, 11) is 0. The lowest BCUT2D eigenvalue weighted by Crippen LogP contribution is -2.50. The molecule has 0 aromatic heterocycles. The Morgan fingerprint density at radius 2 is 2.11 bits per heavy atom. The molecule has 1 N–H and O–H groups in total. The first-order valence-corrected chi connectivity index (χ1v) is 6.74. The Labute approximate surface area is 113 Å². The number of benzene rings is 1. The van der Waals surface area contributed by atoms with Crippen LogP contribution in [0.3, 0.4) is 0 Å². The van der Waals surface area contributed by atoms with Gasteiger partial charge in [0.15, 0.2) is 0 Å². The van der Waals surface area contributed by atoms with Gasteiger partial charge >= 0.3 is 0 Å². The van der Waals surface area contributed by atoms with Crippen LogP contribution in [-0.4, -0.2) is 35.3 Å². The molecule has 0 bridgehead atoms. The summed E-state index contributed by atoms with van der Waals surface area (Å²) in [6, 6.07) is 10.5. The van der Waals surface area contributed by atoms with Gasteiger partial charge < -0.3 is 5.32 Å². The van der Waals surface area contributed by atoms with Gasteiger partial charge in [-0.15, -0.1) is 11.6 Å². The molecule has 1 heterocycles. The Hall–Kier alpha value is -1.06. The van der Waals surface area contributed by atoms with Crippen LogP contribution in [0.5, 0.6) is 0 Å². The minimum Gasteiger partial charge on any atom is -0.352 e. The van der Waals surface area contributed by atoms with E-state index in [4.69, 9.17) is 11.6 Å². The average Bonchev–Trinajstić information content (AvgIpc) is 2.28. The van der Waals surface area contributed by atoms with E-state index in [1.54, 1.807) is 6.92 Å². The molecule has 3 nitrogen and oxygen atoms in total. The van der Waals surface area contributed by atoms with Gasteiger partial charge in [0.25, 0.3) is 0 Å². The van der Waals surface area contributed by atoms with Crippen LogP contribution in [0, 0.1) is 0 Å². The number of alkyl halides is 1. The molecule has 1 aromatic rings. The standard InChI is InChI=1S/C14H19ClN2O/c1-11(18)16-14-7-13(15)9-17(10-14)8-12-5-3-2-4-6-12/h2-6,13-14H,7-10H2,1H3,(H,16,18)/t13-,14+/m1/s1. The maximum atomic E-state index is 11.1. The highest BCUT2D eigenvalue weighted by Crippen LogP contribution is 2.18. The molecule has 1 aliphatic heterocycles. The Balaban J connectivity index is 1.94. The van der Waals surface area contributed by atoms with E-state index in [2.05, 4.69) is 22.3 Å². The van der Waals surface area contributed by atoms with Crippen LogP contribution in [0.25, 0.3) is 0 Å². The molecular formula is C14H19ClN2O. The third kappa shape index (κ3) is 4.00. The lowest BCUT2D eigenvalue weighted by molar-refractivity contribution is -0.120. The summed E-state index contributed by atoms with van der Waals surface area (Å²) in [5.41, 5.74) is 1.28. The lowest BCUT2D eigenvalue weighted by Gasteiger charge is -2.35. The van der Waals surface area contributed by atoms with Crippen LogP contribution in [-0.2, 0) is 11.3 Å². The number of nitrogens with one attached hydrogen (secondary N) is 1. The summed E-state index contributed by atoms with van der Waals surface area (Å²) in [4.78, 5) is 13.4. The molecule has 2 rings (SSSR count). The van der Waals surface area contributed by atoms with Gasteiger partial charge in [-0.05, 0) is 12.0 Å². The minimum atomic E-state index is 0.0189. The van der Waals surface area contributed by atoms with Crippen LogP contribution in [0.15, 0.2) is 30.3 Å². The van der Waals surface area contributed by atoms with E-state index < -0.39 is 0 Å². The predicted octanol–water partition coefficient (Wildman–Crippen LogP) is 2.00. The molecule has 1 amide bonds. The fourth-order valence-corrected chi connectivity index (χ4v) is 2.90. The summed E-state index contributed by atoms with van der Waals surface area (Å²) < 4.78 is 0. The van der Waals surface area contributed by atoms with E-state index in [-0.39, 0.29) is 17.3 Å². The van der Waals surface area contributed by atoms with Gasteiger partial charge in [0.05, 0.1) is 0 Å². The van der Waals surface area contributed by atoms with Crippen molar-refractivity contribution in [3.8, 4) is 0 Å². The highest BCUT2D eigenvalue weighted by molar-refractivity contribution is 6.20. The molecule has 4 heteroatoms. The van der Waals surface area contributed by atoms with Gasteiger partial charge in [-0.3, -0.25) is 9.69 Å². The van der Waals surface area contributed by atoms with Gasteiger partial charge in [0.1, 0.15) is 0 Å². The van der Waals surface area contributed by atoms with Crippen molar-refractivity contribution in [3.05, 3.63) is 35.9 Å². The smallest absolute Gasteiger partial charge is 0.217 e. The van der Waals surface area contributed by atoms with Gasteiger partial charge in [0, 0.05) is 38.0 Å². The van der Waals surface area contributed by atoms with Crippen molar-refractivity contribution in [2.24, 2.45) is 0 Å². The topological polar surface area (TPSA) is 32.3 Å². The molecule has 1 aromatic carbocycles. The molecule has 0 saturated carbocycles. The summed E-state index contributed by atoms with van der Waals surface area (Å²) in [6.45, 7) is 4.20. The normalized spacial score (nSPS) is 24.8. The van der Waals surface area contributed by atoms with E-state index in [1.807, 2.05) is 18.2 Å². The van der Waals surface area contributed by atoms with Crippen molar-refractivity contribution in [1.29, 1.82) is 0 Å². The molecule has 0 unspecified atom stereocenters. The Bertz CT molecular complexity index is 396. The first-order chi connectivity index (χ1) is 8.63. The molecule has 1 fully saturated rings. The summed E-state index contributed by atoms with van der Waals surface area (Å²) in [6.07, 6.45) is 0.854. The van der Waals surface area contributed by atoms with Crippen molar-refractivity contribution in [2.45, 2.75) is 31.3 Å². The van der Waals surface area contributed by atoms with Crippen molar-refractivity contribution in [1.82, 2.24) is 10.2 Å². The third-order valence-corrected chi connectivity index (χ3v) is 3.45. The Morgan fingerprint density at radius 1 is 1.39 bits per heavy atom. The number of likely N-dealkylation sites (tertiary alicyclic amines) is 1. The van der Waals surface area contributed by atoms with Crippen LogP contribution in [0.2, 0.25) is 0 Å².